The predicted octanol–water partition coefficient (Wildman–Crippen LogP) is 2.26. The van der Waals surface area contributed by atoms with E-state index in [-0.39, 0.29) is 12.5 Å². The Bertz CT molecular complexity index is 459. The van der Waals surface area contributed by atoms with Gasteiger partial charge in [0, 0.05) is 43.4 Å². The second-order valence-corrected chi connectivity index (χ2v) is 5.86. The van der Waals surface area contributed by atoms with Gasteiger partial charge in [0.15, 0.2) is 0 Å². The number of piperazine rings is 1. The summed E-state index contributed by atoms with van der Waals surface area (Å²) in [6.45, 7) is 4.72. The van der Waals surface area contributed by atoms with Crippen LogP contribution in [0.15, 0.2) is 24.3 Å². The SMILES string of the molecule is O=C(c1cccc(Cl)c1)N1CCN(CCCCCO)CC1. The van der Waals surface area contributed by atoms with E-state index in [1.54, 1.807) is 12.1 Å². The molecule has 1 amide bonds. The minimum Gasteiger partial charge on any atom is -0.396 e. The molecule has 0 unspecified atom stereocenters. The summed E-state index contributed by atoms with van der Waals surface area (Å²) in [4.78, 5) is 16.7. The molecule has 0 bridgehead atoms. The van der Waals surface area contributed by atoms with Crippen molar-refractivity contribution in [2.75, 3.05) is 39.3 Å². The van der Waals surface area contributed by atoms with Crippen molar-refractivity contribution >= 4 is 17.5 Å². The molecule has 4 nitrogen and oxygen atoms in total. The molecule has 1 aliphatic heterocycles. The van der Waals surface area contributed by atoms with Crippen LogP contribution in [0.25, 0.3) is 0 Å². The van der Waals surface area contributed by atoms with Gasteiger partial charge in [-0.1, -0.05) is 17.7 Å². The zero-order chi connectivity index (χ0) is 15.1. The Morgan fingerprint density at radius 3 is 2.57 bits per heavy atom. The molecular formula is C16H23ClN2O2. The topological polar surface area (TPSA) is 43.8 Å². The van der Waals surface area contributed by atoms with E-state index >= 15 is 0 Å². The fourth-order valence-corrected chi connectivity index (χ4v) is 2.79. The lowest BCUT2D eigenvalue weighted by molar-refractivity contribution is 0.0634. The molecule has 21 heavy (non-hydrogen) atoms. The molecule has 1 aliphatic rings. The third-order valence-corrected chi connectivity index (χ3v) is 4.10. The van der Waals surface area contributed by atoms with Crippen molar-refractivity contribution in [3.8, 4) is 0 Å². The monoisotopic (exact) mass is 310 g/mol. The quantitative estimate of drug-likeness (QED) is 0.820. The molecule has 1 aromatic rings. The molecule has 1 saturated heterocycles. The standard InChI is InChI=1S/C16H23ClN2O2/c17-15-6-4-5-14(13-15)16(21)19-10-8-18(9-11-19)7-2-1-3-12-20/h4-6,13,20H,1-3,7-12H2. The molecule has 0 atom stereocenters. The van der Waals surface area contributed by atoms with Crippen LogP contribution in [0.4, 0.5) is 0 Å². The lowest BCUT2D eigenvalue weighted by Crippen LogP contribution is -2.48. The van der Waals surface area contributed by atoms with Crippen molar-refractivity contribution in [1.29, 1.82) is 0 Å². The number of carbonyl (C=O) groups is 1. The van der Waals surface area contributed by atoms with E-state index in [1.165, 1.54) is 0 Å². The van der Waals surface area contributed by atoms with Gasteiger partial charge in [-0.05, 0) is 44.0 Å². The highest BCUT2D eigenvalue weighted by Gasteiger charge is 2.21. The first-order valence-corrected chi connectivity index (χ1v) is 7.96. The Morgan fingerprint density at radius 2 is 1.90 bits per heavy atom. The number of amides is 1. The van der Waals surface area contributed by atoms with Crippen LogP contribution in [0, 0.1) is 0 Å². The maximum atomic E-state index is 12.4. The van der Waals surface area contributed by atoms with Crippen molar-refractivity contribution in [2.24, 2.45) is 0 Å². The van der Waals surface area contributed by atoms with Crippen LogP contribution >= 0.6 is 11.6 Å². The number of benzene rings is 1. The molecular weight excluding hydrogens is 288 g/mol. The minimum absolute atomic E-state index is 0.0671. The van der Waals surface area contributed by atoms with Gasteiger partial charge in [0.05, 0.1) is 0 Å². The molecule has 1 fully saturated rings. The molecule has 0 aromatic heterocycles. The highest BCUT2D eigenvalue weighted by molar-refractivity contribution is 6.30. The van der Waals surface area contributed by atoms with E-state index in [9.17, 15) is 4.79 Å². The van der Waals surface area contributed by atoms with Crippen molar-refractivity contribution in [3.05, 3.63) is 34.9 Å². The van der Waals surface area contributed by atoms with Crippen molar-refractivity contribution in [2.45, 2.75) is 19.3 Å². The zero-order valence-corrected chi connectivity index (χ0v) is 13.1. The van der Waals surface area contributed by atoms with E-state index in [1.807, 2.05) is 17.0 Å². The third kappa shape index (κ3) is 4.99. The second kappa shape index (κ2) is 8.37. The Kier molecular flexibility index (Phi) is 6.49. The third-order valence-electron chi connectivity index (χ3n) is 3.86. The normalized spacial score (nSPS) is 16.2. The number of nitrogens with zero attached hydrogens (tertiary/aromatic N) is 2. The van der Waals surface area contributed by atoms with Crippen LogP contribution in [0.1, 0.15) is 29.6 Å². The Balaban J connectivity index is 1.77. The molecule has 1 N–H and O–H groups in total. The molecule has 0 spiro atoms. The maximum Gasteiger partial charge on any atom is 0.253 e. The Morgan fingerprint density at radius 1 is 1.14 bits per heavy atom. The fourth-order valence-electron chi connectivity index (χ4n) is 2.60. The van der Waals surface area contributed by atoms with Crippen LogP contribution in [-0.2, 0) is 0 Å². The first kappa shape index (κ1) is 16.3. The first-order valence-electron chi connectivity index (χ1n) is 7.59. The smallest absolute Gasteiger partial charge is 0.253 e. The molecule has 5 heteroatoms. The summed E-state index contributed by atoms with van der Waals surface area (Å²) >= 11 is 5.94. The number of carbonyl (C=O) groups excluding carboxylic acids is 1. The molecule has 0 aliphatic carbocycles. The number of aliphatic hydroxyl groups is 1. The van der Waals surface area contributed by atoms with Gasteiger partial charge in [0.1, 0.15) is 0 Å². The number of unbranched alkanes of at least 4 members (excludes halogenated alkanes) is 2. The number of hydrogen-bond donors (Lipinski definition) is 1. The van der Waals surface area contributed by atoms with Gasteiger partial charge in [-0.3, -0.25) is 9.69 Å². The maximum absolute atomic E-state index is 12.4. The van der Waals surface area contributed by atoms with Gasteiger partial charge in [0.25, 0.3) is 5.91 Å². The summed E-state index contributed by atoms with van der Waals surface area (Å²) in [5.74, 6) is 0.0671. The molecule has 1 heterocycles. The van der Waals surface area contributed by atoms with E-state index in [0.29, 0.717) is 10.6 Å². The average Bonchev–Trinajstić information content (AvgIpc) is 2.51. The summed E-state index contributed by atoms with van der Waals surface area (Å²) in [7, 11) is 0. The van der Waals surface area contributed by atoms with E-state index in [0.717, 1.165) is 52.0 Å². The van der Waals surface area contributed by atoms with Gasteiger partial charge < -0.3 is 10.0 Å². The highest BCUT2D eigenvalue weighted by atomic mass is 35.5. The van der Waals surface area contributed by atoms with Gasteiger partial charge in [-0.25, -0.2) is 0 Å². The summed E-state index contributed by atoms with van der Waals surface area (Å²) in [5.41, 5.74) is 0.666. The molecule has 0 saturated carbocycles. The molecule has 2 rings (SSSR count). The van der Waals surface area contributed by atoms with Gasteiger partial charge >= 0.3 is 0 Å². The fraction of sp³-hybridized carbons (Fsp3) is 0.562. The number of halogens is 1. The number of rotatable bonds is 6. The number of aliphatic hydroxyl groups excluding tert-OH is 1. The Hall–Kier alpha value is -1.10. The van der Waals surface area contributed by atoms with Crippen molar-refractivity contribution in [3.63, 3.8) is 0 Å². The first-order chi connectivity index (χ1) is 10.2. The molecule has 1 aromatic carbocycles. The van der Waals surface area contributed by atoms with E-state index in [2.05, 4.69) is 4.90 Å². The lowest BCUT2D eigenvalue weighted by atomic mass is 10.1. The van der Waals surface area contributed by atoms with Gasteiger partial charge in [-0.15, -0.1) is 0 Å². The van der Waals surface area contributed by atoms with Crippen LogP contribution in [0.5, 0.6) is 0 Å². The predicted molar refractivity (Wildman–Crippen MR) is 84.7 cm³/mol. The number of hydrogen-bond acceptors (Lipinski definition) is 3. The zero-order valence-electron chi connectivity index (χ0n) is 12.3. The lowest BCUT2D eigenvalue weighted by Gasteiger charge is -2.34. The van der Waals surface area contributed by atoms with Crippen LogP contribution in [-0.4, -0.2) is 60.1 Å². The summed E-state index contributed by atoms with van der Waals surface area (Å²) in [6.07, 6.45) is 3.06. The van der Waals surface area contributed by atoms with Crippen molar-refractivity contribution in [1.82, 2.24) is 9.80 Å². The highest BCUT2D eigenvalue weighted by Crippen LogP contribution is 2.14. The summed E-state index contributed by atoms with van der Waals surface area (Å²) in [6, 6.07) is 7.14. The second-order valence-electron chi connectivity index (χ2n) is 5.43. The van der Waals surface area contributed by atoms with Gasteiger partial charge in [0.2, 0.25) is 0 Å². The largest absolute Gasteiger partial charge is 0.396 e. The van der Waals surface area contributed by atoms with Crippen LogP contribution in [0.3, 0.4) is 0 Å². The van der Waals surface area contributed by atoms with Crippen LogP contribution < -0.4 is 0 Å². The summed E-state index contributed by atoms with van der Waals surface area (Å²) in [5, 5.41) is 9.36. The average molecular weight is 311 g/mol. The summed E-state index contributed by atoms with van der Waals surface area (Å²) < 4.78 is 0. The van der Waals surface area contributed by atoms with Gasteiger partial charge in [-0.2, -0.15) is 0 Å². The van der Waals surface area contributed by atoms with Crippen LogP contribution in [0.2, 0.25) is 5.02 Å². The van der Waals surface area contributed by atoms with E-state index in [4.69, 9.17) is 16.7 Å². The van der Waals surface area contributed by atoms with Crippen molar-refractivity contribution < 1.29 is 9.90 Å². The minimum atomic E-state index is 0.0671. The van der Waals surface area contributed by atoms with E-state index < -0.39 is 0 Å². The Labute approximate surface area is 131 Å². The molecule has 116 valence electrons. The molecule has 0 radical (unpaired) electrons.